The van der Waals surface area contributed by atoms with Crippen LogP contribution in [0.2, 0.25) is 0 Å². The number of hydrogen-bond acceptors (Lipinski definition) is 6. The van der Waals surface area contributed by atoms with Gasteiger partial charge < -0.3 is 20.5 Å². The largest absolute Gasteiger partial charge is 0.476 e. The molecule has 1 heterocycles. The van der Waals surface area contributed by atoms with E-state index in [0.717, 1.165) is 13.0 Å². The Morgan fingerprint density at radius 3 is 2.89 bits per heavy atom. The molecule has 18 heavy (non-hydrogen) atoms. The first-order valence-corrected chi connectivity index (χ1v) is 6.15. The maximum absolute atomic E-state index is 5.94. The van der Waals surface area contributed by atoms with Crippen LogP contribution >= 0.6 is 0 Å². The minimum atomic E-state index is 0.379. The molecule has 1 atom stereocenters. The van der Waals surface area contributed by atoms with E-state index in [9.17, 15) is 0 Å². The Morgan fingerprint density at radius 2 is 2.22 bits per heavy atom. The van der Waals surface area contributed by atoms with Crippen molar-refractivity contribution in [2.24, 2.45) is 5.92 Å². The Labute approximate surface area is 108 Å². The number of nitrogen functional groups attached to an aromatic ring is 1. The van der Waals surface area contributed by atoms with Crippen molar-refractivity contribution in [3.63, 3.8) is 0 Å². The fourth-order valence-corrected chi connectivity index (χ4v) is 1.45. The van der Waals surface area contributed by atoms with Gasteiger partial charge in [-0.15, -0.1) is 0 Å². The number of nitrogens with two attached hydrogens (primary N) is 1. The Hall–Kier alpha value is -1.56. The summed E-state index contributed by atoms with van der Waals surface area (Å²) in [5, 5.41) is 3.18. The van der Waals surface area contributed by atoms with Gasteiger partial charge in [-0.1, -0.05) is 13.8 Å². The lowest BCUT2D eigenvalue weighted by molar-refractivity contribution is 0.164. The molecule has 102 valence electrons. The summed E-state index contributed by atoms with van der Waals surface area (Å²) in [7, 11) is 1.69. The van der Waals surface area contributed by atoms with Crippen molar-refractivity contribution < 1.29 is 9.47 Å². The second kappa shape index (κ2) is 7.71. The third-order valence-electron chi connectivity index (χ3n) is 2.36. The van der Waals surface area contributed by atoms with Crippen LogP contribution in [0.25, 0.3) is 0 Å². The lowest BCUT2D eigenvalue weighted by atomic mass is 10.2. The van der Waals surface area contributed by atoms with Crippen molar-refractivity contribution in [1.29, 1.82) is 0 Å². The van der Waals surface area contributed by atoms with Gasteiger partial charge in [0.2, 0.25) is 5.88 Å². The first-order chi connectivity index (χ1) is 8.69. The maximum Gasteiger partial charge on any atom is 0.242 e. The van der Waals surface area contributed by atoms with Gasteiger partial charge in [0.25, 0.3) is 0 Å². The maximum atomic E-state index is 5.94. The first-order valence-electron chi connectivity index (χ1n) is 6.15. The molecule has 0 aliphatic carbocycles. The molecule has 3 N–H and O–H groups in total. The van der Waals surface area contributed by atoms with Gasteiger partial charge >= 0.3 is 0 Å². The van der Waals surface area contributed by atoms with Crippen LogP contribution in [0.4, 0.5) is 11.5 Å². The van der Waals surface area contributed by atoms with Crippen LogP contribution in [0.1, 0.15) is 20.3 Å². The van der Waals surface area contributed by atoms with Crippen molar-refractivity contribution in [1.82, 2.24) is 9.97 Å². The van der Waals surface area contributed by atoms with Crippen molar-refractivity contribution in [2.45, 2.75) is 20.3 Å². The lowest BCUT2D eigenvalue weighted by Gasteiger charge is -2.14. The number of ether oxygens (including phenoxy) is 2. The second-order valence-corrected chi connectivity index (χ2v) is 4.23. The highest BCUT2D eigenvalue weighted by molar-refractivity contribution is 5.66. The minimum Gasteiger partial charge on any atom is -0.476 e. The molecule has 6 nitrogen and oxygen atoms in total. The molecule has 1 rings (SSSR count). The number of aromatic nitrogens is 2. The second-order valence-electron chi connectivity index (χ2n) is 4.23. The minimum absolute atomic E-state index is 0.379. The topological polar surface area (TPSA) is 82.3 Å². The predicted octanol–water partition coefficient (Wildman–Crippen LogP) is 1.54. The van der Waals surface area contributed by atoms with Crippen LogP contribution in [0.3, 0.4) is 0 Å². The Morgan fingerprint density at radius 1 is 1.44 bits per heavy atom. The summed E-state index contributed by atoms with van der Waals surface area (Å²) < 4.78 is 10.5. The number of nitrogens with zero attached hydrogens (tertiary/aromatic N) is 2. The zero-order valence-corrected chi connectivity index (χ0v) is 11.3. The van der Waals surface area contributed by atoms with Gasteiger partial charge in [0.15, 0.2) is 5.82 Å². The van der Waals surface area contributed by atoms with Crippen LogP contribution in [0, 0.1) is 5.92 Å². The van der Waals surface area contributed by atoms with E-state index >= 15 is 0 Å². The molecule has 0 radical (unpaired) electrons. The molecular weight excluding hydrogens is 232 g/mol. The Balaban J connectivity index is 2.60. The summed E-state index contributed by atoms with van der Waals surface area (Å²) >= 11 is 0. The summed E-state index contributed by atoms with van der Waals surface area (Å²) in [5.74, 6) is 1.43. The highest BCUT2D eigenvalue weighted by atomic mass is 16.5. The Kier molecular flexibility index (Phi) is 6.21. The highest BCUT2D eigenvalue weighted by Crippen LogP contribution is 2.24. The quantitative estimate of drug-likeness (QED) is 0.732. The molecule has 1 unspecified atom stereocenters. The van der Waals surface area contributed by atoms with E-state index in [1.807, 2.05) is 6.92 Å². The first kappa shape index (κ1) is 14.5. The number of methoxy groups -OCH3 is 1. The smallest absolute Gasteiger partial charge is 0.242 e. The number of rotatable bonds is 8. The monoisotopic (exact) mass is 254 g/mol. The molecule has 0 amide bonds. The summed E-state index contributed by atoms with van der Waals surface area (Å²) in [5.41, 5.74) is 6.39. The third kappa shape index (κ3) is 4.37. The average molecular weight is 254 g/mol. The highest BCUT2D eigenvalue weighted by Gasteiger charge is 2.10. The molecule has 0 spiro atoms. The molecule has 0 aromatic carbocycles. The van der Waals surface area contributed by atoms with E-state index in [1.54, 1.807) is 7.11 Å². The van der Waals surface area contributed by atoms with Gasteiger partial charge in [-0.2, -0.15) is 4.98 Å². The van der Waals surface area contributed by atoms with Gasteiger partial charge in [0.05, 0.1) is 13.2 Å². The number of anilines is 2. The third-order valence-corrected chi connectivity index (χ3v) is 2.36. The van der Waals surface area contributed by atoms with Crippen molar-refractivity contribution in [2.75, 3.05) is 37.9 Å². The van der Waals surface area contributed by atoms with Crippen molar-refractivity contribution in [3.05, 3.63) is 6.33 Å². The molecule has 0 aliphatic rings. The zero-order chi connectivity index (χ0) is 13.4. The Bertz CT molecular complexity index is 360. The molecule has 0 fully saturated rings. The molecule has 1 aromatic heterocycles. The molecule has 0 bridgehead atoms. The lowest BCUT2D eigenvalue weighted by Crippen LogP contribution is -2.17. The van der Waals surface area contributed by atoms with Gasteiger partial charge in [0.1, 0.15) is 12.0 Å². The molecular formula is C12H22N4O2. The van der Waals surface area contributed by atoms with E-state index in [0.29, 0.717) is 36.5 Å². The van der Waals surface area contributed by atoms with Gasteiger partial charge in [-0.25, -0.2) is 4.98 Å². The summed E-state index contributed by atoms with van der Waals surface area (Å²) in [4.78, 5) is 8.13. The molecule has 0 saturated heterocycles. The SMILES string of the molecule is CCCOc1ncnc(NCC(C)COC)c1N. The van der Waals surface area contributed by atoms with Crippen molar-refractivity contribution >= 4 is 11.5 Å². The van der Waals surface area contributed by atoms with Crippen LogP contribution in [0.15, 0.2) is 6.33 Å². The summed E-state index contributed by atoms with van der Waals surface area (Å²) in [6.45, 7) is 6.14. The van der Waals surface area contributed by atoms with Crippen molar-refractivity contribution in [3.8, 4) is 5.88 Å². The van der Waals surface area contributed by atoms with Crippen LogP contribution in [0.5, 0.6) is 5.88 Å². The van der Waals surface area contributed by atoms with E-state index < -0.39 is 0 Å². The van der Waals surface area contributed by atoms with Crippen LogP contribution < -0.4 is 15.8 Å². The molecule has 1 aromatic rings. The molecule has 0 saturated carbocycles. The normalized spacial score (nSPS) is 12.2. The predicted molar refractivity (Wildman–Crippen MR) is 71.8 cm³/mol. The average Bonchev–Trinajstić information content (AvgIpc) is 2.36. The van der Waals surface area contributed by atoms with E-state index in [4.69, 9.17) is 15.2 Å². The van der Waals surface area contributed by atoms with E-state index in [2.05, 4.69) is 22.2 Å². The molecule has 0 aliphatic heterocycles. The van der Waals surface area contributed by atoms with Gasteiger partial charge in [-0.05, 0) is 12.3 Å². The van der Waals surface area contributed by atoms with Crippen LogP contribution in [-0.2, 0) is 4.74 Å². The van der Waals surface area contributed by atoms with E-state index in [-0.39, 0.29) is 0 Å². The number of hydrogen-bond donors (Lipinski definition) is 2. The summed E-state index contributed by atoms with van der Waals surface area (Å²) in [6, 6.07) is 0. The fourth-order valence-electron chi connectivity index (χ4n) is 1.45. The van der Waals surface area contributed by atoms with Gasteiger partial charge in [-0.3, -0.25) is 0 Å². The van der Waals surface area contributed by atoms with Crippen LogP contribution in [-0.4, -0.2) is 36.8 Å². The summed E-state index contributed by atoms with van der Waals surface area (Å²) in [6.07, 6.45) is 2.36. The standard InChI is InChI=1S/C12H22N4O2/c1-4-5-18-12-10(13)11(15-8-16-12)14-6-9(2)7-17-3/h8-9H,4-7,13H2,1-3H3,(H,14,15,16). The molecule has 6 heteroatoms. The number of nitrogens with one attached hydrogen (secondary N) is 1. The fraction of sp³-hybridized carbons (Fsp3) is 0.667. The zero-order valence-electron chi connectivity index (χ0n) is 11.3. The van der Waals surface area contributed by atoms with Gasteiger partial charge in [0, 0.05) is 13.7 Å². The van der Waals surface area contributed by atoms with E-state index in [1.165, 1.54) is 6.33 Å².